The van der Waals surface area contributed by atoms with Crippen LogP contribution in [0, 0.1) is 6.92 Å². The molecule has 1 aliphatic rings. The van der Waals surface area contributed by atoms with Gasteiger partial charge in [-0.3, -0.25) is 4.79 Å². The number of carbonyl (C=O) groups excluding carboxylic acids is 1. The second-order valence-corrected chi connectivity index (χ2v) is 6.92. The Kier molecular flexibility index (Phi) is 3.24. The van der Waals surface area contributed by atoms with E-state index in [1.165, 1.54) is 11.6 Å². The smallest absolute Gasteiger partial charge is 0.398 e. The Morgan fingerprint density at radius 1 is 1.18 bits per heavy atom. The highest BCUT2D eigenvalue weighted by Gasteiger charge is 2.53. The normalized spacial score (nSPS) is 19.8. The Morgan fingerprint density at radius 3 is 2.32 bits per heavy atom. The summed E-state index contributed by atoms with van der Waals surface area (Å²) in [5, 5.41) is 5.35. The van der Waals surface area contributed by atoms with Gasteiger partial charge in [0, 0.05) is 12.3 Å². The molecule has 5 nitrogen and oxygen atoms in total. The molecule has 1 aliphatic heterocycles. The van der Waals surface area contributed by atoms with Crippen LogP contribution in [0.2, 0.25) is 0 Å². The van der Waals surface area contributed by atoms with Crippen molar-refractivity contribution < 1.29 is 14.1 Å². The third-order valence-corrected chi connectivity index (χ3v) is 4.64. The topological polar surface area (TPSA) is 53.4 Å². The van der Waals surface area contributed by atoms with E-state index < -0.39 is 18.3 Å². The van der Waals surface area contributed by atoms with Gasteiger partial charge in [0.05, 0.1) is 16.7 Å². The molecule has 1 fully saturated rings. The highest BCUT2D eigenvalue weighted by Crippen LogP contribution is 2.36. The van der Waals surface area contributed by atoms with Crippen molar-refractivity contribution in [2.75, 3.05) is 0 Å². The van der Waals surface area contributed by atoms with Gasteiger partial charge in [-0.1, -0.05) is 12.1 Å². The minimum Gasteiger partial charge on any atom is -0.398 e. The Hall–Kier alpha value is -1.66. The number of hydrogen-bond acceptors (Lipinski definition) is 4. The fraction of sp³-hybridized carbons (Fsp3) is 0.500. The Morgan fingerprint density at radius 2 is 1.77 bits per heavy atom. The lowest BCUT2D eigenvalue weighted by atomic mass is 9.82. The summed E-state index contributed by atoms with van der Waals surface area (Å²) in [6.07, 6.45) is 0. The third-order valence-electron chi connectivity index (χ3n) is 4.64. The van der Waals surface area contributed by atoms with E-state index in [1.807, 2.05) is 52.8 Å². The molecule has 22 heavy (non-hydrogen) atoms. The first kappa shape index (κ1) is 15.2. The quantitative estimate of drug-likeness (QED) is 0.758. The lowest BCUT2D eigenvalue weighted by molar-refractivity contribution is 0.00578. The van der Waals surface area contributed by atoms with Crippen molar-refractivity contribution in [1.82, 2.24) is 9.78 Å². The van der Waals surface area contributed by atoms with Crippen LogP contribution >= 0.6 is 0 Å². The molecule has 6 heteroatoms. The number of rotatable bonds is 1. The Bertz CT molecular complexity index is 748. The van der Waals surface area contributed by atoms with Crippen molar-refractivity contribution >= 4 is 29.5 Å². The molecule has 0 amide bonds. The molecule has 0 bridgehead atoms. The molecule has 3 rings (SSSR count). The number of carbonyl (C=O) groups is 1. The largest absolute Gasteiger partial charge is 0.517 e. The third kappa shape index (κ3) is 2.18. The van der Waals surface area contributed by atoms with Gasteiger partial charge < -0.3 is 9.31 Å². The second kappa shape index (κ2) is 4.67. The first-order valence-electron chi connectivity index (χ1n) is 7.48. The molecule has 0 spiro atoms. The van der Waals surface area contributed by atoms with E-state index in [9.17, 15) is 4.79 Å². The maximum atomic E-state index is 11.9. The van der Waals surface area contributed by atoms with Gasteiger partial charge in [-0.25, -0.2) is 4.68 Å². The van der Waals surface area contributed by atoms with Crippen LogP contribution in [0.25, 0.3) is 10.9 Å². The summed E-state index contributed by atoms with van der Waals surface area (Å²) in [7, 11) is -0.573. The highest BCUT2D eigenvalue weighted by molar-refractivity contribution is 6.64. The van der Waals surface area contributed by atoms with Crippen LogP contribution in [-0.4, -0.2) is 34.0 Å². The predicted octanol–water partition coefficient (Wildman–Crippen LogP) is 2.30. The molecule has 0 N–H and O–H groups in total. The van der Waals surface area contributed by atoms with E-state index >= 15 is 0 Å². The van der Waals surface area contributed by atoms with Crippen LogP contribution in [0.5, 0.6) is 0 Å². The van der Waals surface area contributed by atoms with Crippen molar-refractivity contribution in [2.45, 2.75) is 52.7 Å². The minimum atomic E-state index is -0.573. The fourth-order valence-corrected chi connectivity index (χ4v) is 2.62. The Labute approximate surface area is 130 Å². The van der Waals surface area contributed by atoms with Gasteiger partial charge in [0.1, 0.15) is 5.59 Å². The Balaban J connectivity index is 2.15. The average Bonchev–Trinajstić information content (AvgIpc) is 2.84. The SMILES string of the molecule is CC(=O)n1nc(B2OC(C)(C)C(C)(C)O2)c2ccc(C)cc21. The van der Waals surface area contributed by atoms with E-state index in [2.05, 4.69) is 5.10 Å². The van der Waals surface area contributed by atoms with Crippen LogP contribution in [-0.2, 0) is 9.31 Å². The zero-order chi connectivity index (χ0) is 16.3. The van der Waals surface area contributed by atoms with Crippen molar-refractivity contribution in [3.8, 4) is 0 Å². The number of benzene rings is 1. The molecule has 0 unspecified atom stereocenters. The van der Waals surface area contributed by atoms with Crippen molar-refractivity contribution in [2.24, 2.45) is 0 Å². The summed E-state index contributed by atoms with van der Waals surface area (Å²) in [5.41, 5.74) is 1.65. The lowest BCUT2D eigenvalue weighted by Crippen LogP contribution is -2.41. The molecule has 1 aromatic carbocycles. The predicted molar refractivity (Wildman–Crippen MR) is 86.5 cm³/mol. The molecule has 116 valence electrons. The van der Waals surface area contributed by atoms with Crippen molar-refractivity contribution in [3.63, 3.8) is 0 Å². The van der Waals surface area contributed by atoms with Gasteiger partial charge in [-0.15, -0.1) is 0 Å². The molecular formula is C16H21BN2O3. The average molecular weight is 300 g/mol. The lowest BCUT2D eigenvalue weighted by Gasteiger charge is -2.32. The van der Waals surface area contributed by atoms with E-state index in [4.69, 9.17) is 9.31 Å². The molecule has 0 radical (unpaired) electrons. The zero-order valence-electron chi connectivity index (χ0n) is 13.9. The van der Waals surface area contributed by atoms with Crippen molar-refractivity contribution in [3.05, 3.63) is 23.8 Å². The summed E-state index contributed by atoms with van der Waals surface area (Å²) in [6.45, 7) is 11.5. The minimum absolute atomic E-state index is 0.127. The summed E-state index contributed by atoms with van der Waals surface area (Å²) in [5.74, 6) is -0.127. The zero-order valence-corrected chi connectivity index (χ0v) is 13.9. The van der Waals surface area contributed by atoms with Crippen LogP contribution in [0.4, 0.5) is 0 Å². The van der Waals surface area contributed by atoms with E-state index in [-0.39, 0.29) is 5.91 Å². The maximum absolute atomic E-state index is 11.9. The summed E-state index contributed by atoms with van der Waals surface area (Å²) in [6, 6.07) is 5.93. The molecule has 2 heterocycles. The van der Waals surface area contributed by atoms with E-state index in [0.29, 0.717) is 5.59 Å². The molecule has 0 saturated carbocycles. The first-order chi connectivity index (χ1) is 10.1. The first-order valence-corrected chi connectivity index (χ1v) is 7.48. The summed E-state index contributed by atoms with van der Waals surface area (Å²) < 4.78 is 13.6. The van der Waals surface area contributed by atoms with Gasteiger partial charge in [-0.05, 0) is 46.2 Å². The van der Waals surface area contributed by atoms with Crippen LogP contribution in [0.1, 0.15) is 45.0 Å². The van der Waals surface area contributed by atoms with Crippen LogP contribution in [0.3, 0.4) is 0 Å². The summed E-state index contributed by atoms with van der Waals surface area (Å²) >= 11 is 0. The highest BCUT2D eigenvalue weighted by atomic mass is 16.7. The molecule has 0 atom stereocenters. The number of aromatic nitrogens is 2. The van der Waals surface area contributed by atoms with Gasteiger partial charge >= 0.3 is 7.12 Å². The monoisotopic (exact) mass is 300 g/mol. The molecule has 1 aromatic heterocycles. The van der Waals surface area contributed by atoms with Crippen molar-refractivity contribution in [1.29, 1.82) is 0 Å². The second-order valence-electron chi connectivity index (χ2n) is 6.92. The van der Waals surface area contributed by atoms with Crippen LogP contribution < -0.4 is 5.59 Å². The summed E-state index contributed by atoms with van der Waals surface area (Å²) in [4.78, 5) is 11.9. The molecule has 2 aromatic rings. The molecule has 0 aliphatic carbocycles. The van der Waals surface area contributed by atoms with Gasteiger partial charge in [0.15, 0.2) is 0 Å². The van der Waals surface area contributed by atoms with E-state index in [1.54, 1.807) is 0 Å². The number of nitrogens with zero attached hydrogens (tertiary/aromatic N) is 2. The number of fused-ring (bicyclic) bond motifs is 1. The van der Waals surface area contributed by atoms with Gasteiger partial charge in [-0.2, -0.15) is 5.10 Å². The van der Waals surface area contributed by atoms with Crippen LogP contribution in [0.15, 0.2) is 18.2 Å². The standard InChI is InChI=1S/C16H21BN2O3/c1-10-7-8-12-13(9-10)19(11(2)20)18-14(12)17-21-15(3,4)16(5,6)22-17/h7-9H,1-6H3. The molecule has 1 saturated heterocycles. The number of hydrogen-bond donors (Lipinski definition) is 0. The molecular weight excluding hydrogens is 279 g/mol. The van der Waals surface area contributed by atoms with E-state index in [0.717, 1.165) is 16.5 Å². The fourth-order valence-electron chi connectivity index (χ4n) is 2.62. The maximum Gasteiger partial charge on any atom is 0.517 e. The van der Waals surface area contributed by atoms with Gasteiger partial charge in [0.25, 0.3) is 0 Å². The number of aryl methyl sites for hydroxylation is 1. The van der Waals surface area contributed by atoms with Gasteiger partial charge in [0.2, 0.25) is 5.91 Å².